The Bertz CT molecular complexity index is 414. The lowest BCUT2D eigenvalue weighted by atomic mass is 9.94. The molecule has 22 heavy (non-hydrogen) atoms. The van der Waals surface area contributed by atoms with Crippen molar-refractivity contribution in [2.45, 2.75) is 45.7 Å². The monoisotopic (exact) mass is 349 g/mol. The van der Waals surface area contributed by atoms with E-state index in [0.717, 1.165) is 31.7 Å². The highest BCUT2D eigenvalue weighted by atomic mass is 35.5. The number of hydrogen-bond donors (Lipinski definition) is 1. The summed E-state index contributed by atoms with van der Waals surface area (Å²) in [6.07, 6.45) is 2.15. The molecule has 128 valence electrons. The van der Waals surface area contributed by atoms with Gasteiger partial charge in [0.1, 0.15) is 6.04 Å². The third kappa shape index (κ3) is 4.30. The fraction of sp³-hybridized carbons (Fsp3) is 0.867. The number of hydrogen-bond acceptors (Lipinski definition) is 4. The van der Waals surface area contributed by atoms with E-state index in [4.69, 9.17) is 0 Å². The van der Waals surface area contributed by atoms with Gasteiger partial charge in [0.05, 0.1) is 5.88 Å². The van der Waals surface area contributed by atoms with Crippen LogP contribution in [0.2, 0.25) is 0 Å². The van der Waals surface area contributed by atoms with Crippen molar-refractivity contribution >= 4 is 36.0 Å². The van der Waals surface area contributed by atoms with Gasteiger partial charge in [-0.3, -0.25) is 9.59 Å². The third-order valence-corrected chi connectivity index (χ3v) is 5.22. The molecule has 2 fully saturated rings. The summed E-state index contributed by atoms with van der Waals surface area (Å²) in [5.74, 6) is 1.56. The zero-order chi connectivity index (χ0) is 15.6. The van der Waals surface area contributed by atoms with Crippen LogP contribution >= 0.6 is 24.2 Å². The van der Waals surface area contributed by atoms with Gasteiger partial charge in [-0.25, -0.2) is 0 Å². The molecule has 2 heterocycles. The third-order valence-electron chi connectivity index (χ3n) is 4.21. The number of halogens is 1. The van der Waals surface area contributed by atoms with Crippen LogP contribution in [0.1, 0.15) is 33.6 Å². The number of piperidine rings is 1. The van der Waals surface area contributed by atoms with Crippen molar-refractivity contribution in [2.75, 3.05) is 31.8 Å². The maximum absolute atomic E-state index is 12.8. The molecule has 0 radical (unpaired) electrons. The summed E-state index contributed by atoms with van der Waals surface area (Å²) in [7, 11) is 1.94. The molecule has 2 aliphatic rings. The number of nitrogens with one attached hydrogen (secondary N) is 1. The van der Waals surface area contributed by atoms with Gasteiger partial charge in [0.2, 0.25) is 11.8 Å². The Labute approximate surface area is 144 Å². The molecule has 2 unspecified atom stereocenters. The van der Waals surface area contributed by atoms with E-state index in [1.807, 2.05) is 32.7 Å². The van der Waals surface area contributed by atoms with E-state index in [2.05, 4.69) is 5.32 Å². The summed E-state index contributed by atoms with van der Waals surface area (Å²) in [5, 5.41) is 3.26. The Hall–Kier alpha value is -0.460. The molecule has 0 saturated carbocycles. The number of thioether (sulfide) groups is 1. The molecule has 0 aromatic heterocycles. The minimum Gasteiger partial charge on any atom is -0.339 e. The molecule has 2 saturated heterocycles. The minimum atomic E-state index is -0.432. The quantitative estimate of drug-likeness (QED) is 0.822. The summed E-state index contributed by atoms with van der Waals surface area (Å²) in [6, 6.07) is 0.0980. The number of carbonyl (C=O) groups is 2. The minimum absolute atomic E-state index is 0. The van der Waals surface area contributed by atoms with Crippen LogP contribution in [0.5, 0.6) is 0 Å². The zero-order valence-corrected chi connectivity index (χ0v) is 15.6. The van der Waals surface area contributed by atoms with Crippen LogP contribution in [0.4, 0.5) is 0 Å². The summed E-state index contributed by atoms with van der Waals surface area (Å²) in [6.45, 7) is 7.32. The normalized spacial score (nSPS) is 25.8. The van der Waals surface area contributed by atoms with Crippen LogP contribution in [-0.4, -0.2) is 65.5 Å². The van der Waals surface area contributed by atoms with Gasteiger partial charge in [0, 0.05) is 30.3 Å². The molecule has 0 aromatic rings. The first-order valence-electron chi connectivity index (χ1n) is 7.69. The van der Waals surface area contributed by atoms with E-state index in [1.54, 1.807) is 16.7 Å². The van der Waals surface area contributed by atoms with E-state index < -0.39 is 5.41 Å². The lowest BCUT2D eigenvalue weighted by Crippen LogP contribution is -2.55. The van der Waals surface area contributed by atoms with Gasteiger partial charge in [-0.2, -0.15) is 0 Å². The summed E-state index contributed by atoms with van der Waals surface area (Å²) in [5.41, 5.74) is -0.432. The molecule has 1 N–H and O–H groups in total. The first-order chi connectivity index (χ1) is 9.84. The molecular weight excluding hydrogens is 322 g/mol. The van der Waals surface area contributed by atoms with Crippen molar-refractivity contribution in [3.8, 4) is 0 Å². The van der Waals surface area contributed by atoms with E-state index >= 15 is 0 Å². The van der Waals surface area contributed by atoms with Crippen LogP contribution < -0.4 is 5.32 Å². The highest BCUT2D eigenvalue weighted by Crippen LogP contribution is 2.29. The molecular formula is C15H28ClN3O2S. The zero-order valence-electron chi connectivity index (χ0n) is 13.9. The maximum Gasteiger partial charge on any atom is 0.246 e. The molecule has 2 aliphatic heterocycles. The largest absolute Gasteiger partial charge is 0.339 e. The van der Waals surface area contributed by atoms with Crippen LogP contribution in [0.25, 0.3) is 0 Å². The van der Waals surface area contributed by atoms with E-state index in [-0.39, 0.29) is 30.3 Å². The van der Waals surface area contributed by atoms with E-state index in [0.29, 0.717) is 11.9 Å². The molecule has 2 rings (SSSR count). The Morgan fingerprint density at radius 1 is 1.27 bits per heavy atom. The molecule has 5 nitrogen and oxygen atoms in total. The van der Waals surface area contributed by atoms with Gasteiger partial charge in [-0.1, -0.05) is 20.8 Å². The van der Waals surface area contributed by atoms with Gasteiger partial charge in [-0.05, 0) is 19.9 Å². The molecule has 0 aliphatic carbocycles. The predicted octanol–water partition coefficient (Wildman–Crippen LogP) is 1.57. The predicted molar refractivity (Wildman–Crippen MR) is 93.3 cm³/mol. The van der Waals surface area contributed by atoms with Crippen LogP contribution in [0, 0.1) is 5.41 Å². The van der Waals surface area contributed by atoms with Crippen molar-refractivity contribution in [3.63, 3.8) is 0 Å². The van der Waals surface area contributed by atoms with Crippen molar-refractivity contribution in [1.82, 2.24) is 15.1 Å². The smallest absolute Gasteiger partial charge is 0.246 e. The van der Waals surface area contributed by atoms with Crippen molar-refractivity contribution < 1.29 is 9.59 Å². The number of likely N-dealkylation sites (N-methyl/N-ethyl adjacent to an activating group) is 1. The molecule has 0 spiro atoms. The number of nitrogens with zero attached hydrogens (tertiary/aromatic N) is 2. The van der Waals surface area contributed by atoms with Gasteiger partial charge in [0.15, 0.2) is 0 Å². The maximum atomic E-state index is 12.8. The van der Waals surface area contributed by atoms with Gasteiger partial charge in [0.25, 0.3) is 0 Å². The van der Waals surface area contributed by atoms with Crippen molar-refractivity contribution in [3.05, 3.63) is 0 Å². The van der Waals surface area contributed by atoms with Gasteiger partial charge >= 0.3 is 0 Å². The lowest BCUT2D eigenvalue weighted by molar-refractivity contribution is -0.148. The molecule has 2 amide bonds. The second-order valence-corrected chi connectivity index (χ2v) is 7.95. The number of amides is 2. The average molecular weight is 350 g/mol. The average Bonchev–Trinajstić information content (AvgIpc) is 2.93. The topological polar surface area (TPSA) is 52.7 Å². The number of rotatable bonds is 2. The van der Waals surface area contributed by atoms with Gasteiger partial charge < -0.3 is 15.1 Å². The van der Waals surface area contributed by atoms with Crippen molar-refractivity contribution in [1.29, 1.82) is 0 Å². The lowest BCUT2D eigenvalue weighted by Gasteiger charge is -2.37. The SMILES string of the molecule is CNC1CCCN(C(=O)C2CSCN2C(=O)C(C)(C)C)C1.Cl. The second-order valence-electron chi connectivity index (χ2n) is 6.95. The Balaban J connectivity index is 0.00000242. The highest BCUT2D eigenvalue weighted by Gasteiger charge is 2.41. The fourth-order valence-corrected chi connectivity index (χ4v) is 4.05. The Morgan fingerprint density at radius 3 is 2.55 bits per heavy atom. The van der Waals surface area contributed by atoms with E-state index in [1.165, 1.54) is 0 Å². The number of likely N-dealkylation sites (tertiary alicyclic amines) is 1. The standard InChI is InChI=1S/C15H27N3O2S.ClH/c1-15(2,3)14(20)18-10-21-9-12(18)13(19)17-7-5-6-11(8-17)16-4;/h11-12,16H,5-10H2,1-4H3;1H. The van der Waals surface area contributed by atoms with Crippen LogP contribution in [0.15, 0.2) is 0 Å². The van der Waals surface area contributed by atoms with Crippen molar-refractivity contribution in [2.24, 2.45) is 5.41 Å². The van der Waals surface area contributed by atoms with Crippen LogP contribution in [-0.2, 0) is 9.59 Å². The van der Waals surface area contributed by atoms with Gasteiger partial charge in [-0.15, -0.1) is 24.2 Å². The van der Waals surface area contributed by atoms with Crippen LogP contribution in [0.3, 0.4) is 0 Å². The Morgan fingerprint density at radius 2 is 1.95 bits per heavy atom. The Kier molecular flexibility index (Phi) is 7.02. The first-order valence-corrected chi connectivity index (χ1v) is 8.85. The molecule has 7 heteroatoms. The van der Waals surface area contributed by atoms with E-state index in [9.17, 15) is 9.59 Å². The number of carbonyl (C=O) groups excluding carboxylic acids is 2. The fourth-order valence-electron chi connectivity index (χ4n) is 2.90. The summed E-state index contributed by atoms with van der Waals surface area (Å²) >= 11 is 1.68. The second kappa shape index (κ2) is 7.88. The summed E-state index contributed by atoms with van der Waals surface area (Å²) in [4.78, 5) is 29.0. The molecule has 2 atom stereocenters. The summed E-state index contributed by atoms with van der Waals surface area (Å²) < 4.78 is 0. The molecule has 0 bridgehead atoms. The highest BCUT2D eigenvalue weighted by molar-refractivity contribution is 7.99. The first kappa shape index (κ1) is 19.6. The molecule has 0 aromatic carbocycles.